The van der Waals surface area contributed by atoms with E-state index in [0.29, 0.717) is 0 Å². The maximum atomic E-state index is 4.02. The highest BCUT2D eigenvalue weighted by atomic mass is 15.4. The van der Waals surface area contributed by atoms with Gasteiger partial charge in [0.2, 0.25) is 0 Å². The Bertz CT molecular complexity index is 390. The molecule has 0 aromatic carbocycles. The molecule has 1 atom stereocenters. The second-order valence-corrected chi connectivity index (χ2v) is 2.90. The fraction of sp³-hybridized carbons (Fsp3) is 0.429. The molecule has 0 aliphatic rings. The van der Waals surface area contributed by atoms with E-state index >= 15 is 0 Å². The molecule has 0 radical (unpaired) electrons. The number of H-pyrrole nitrogens is 1. The molecule has 2 N–H and O–H groups in total. The third-order valence-corrected chi connectivity index (χ3v) is 2.06. The van der Waals surface area contributed by atoms with Crippen molar-refractivity contribution >= 4 is 0 Å². The van der Waals surface area contributed by atoms with Crippen LogP contribution in [0.15, 0.2) is 12.4 Å². The van der Waals surface area contributed by atoms with Crippen LogP contribution in [0.2, 0.25) is 0 Å². The van der Waals surface area contributed by atoms with Gasteiger partial charge in [0.25, 0.3) is 0 Å². The van der Waals surface area contributed by atoms with Crippen LogP contribution >= 0.6 is 0 Å². The van der Waals surface area contributed by atoms with Gasteiger partial charge in [0.1, 0.15) is 5.69 Å². The Labute approximate surface area is 80.5 Å². The van der Waals surface area contributed by atoms with Gasteiger partial charge in [-0.05, 0) is 7.05 Å². The lowest BCUT2D eigenvalue weighted by Gasteiger charge is -2.11. The van der Waals surface area contributed by atoms with Crippen LogP contribution in [0.3, 0.4) is 0 Å². The van der Waals surface area contributed by atoms with Crippen LogP contribution in [0, 0.1) is 0 Å². The number of aromatic amines is 1. The van der Waals surface area contributed by atoms with Crippen LogP contribution in [-0.4, -0.2) is 37.5 Å². The zero-order valence-corrected chi connectivity index (χ0v) is 7.97. The summed E-state index contributed by atoms with van der Waals surface area (Å²) in [4.78, 5) is 0. The molecule has 7 heteroatoms. The van der Waals surface area contributed by atoms with Crippen molar-refractivity contribution in [3.8, 4) is 0 Å². The molecular formula is C7H11N7. The molecule has 1 unspecified atom stereocenters. The molecule has 74 valence electrons. The predicted octanol–water partition coefficient (Wildman–Crippen LogP) is -0.758. The van der Waals surface area contributed by atoms with Gasteiger partial charge in [0.15, 0.2) is 0 Å². The van der Waals surface area contributed by atoms with Gasteiger partial charge in [-0.2, -0.15) is 15.4 Å². The Morgan fingerprint density at radius 3 is 2.86 bits per heavy atom. The summed E-state index contributed by atoms with van der Waals surface area (Å²) < 4.78 is 1.70. The quantitative estimate of drug-likeness (QED) is 0.669. The standard InChI is InChI=1S/C7H11N7/c1-8-7(5-3-9-12-11-5)6-4-10-13-14(6)2/h3-4,7-8H,1-2H3,(H,9,11,12). The highest BCUT2D eigenvalue weighted by molar-refractivity contribution is 5.15. The zero-order valence-electron chi connectivity index (χ0n) is 7.97. The minimum absolute atomic E-state index is 0.0336. The van der Waals surface area contributed by atoms with E-state index in [1.165, 1.54) is 0 Å². The topological polar surface area (TPSA) is 84.3 Å². The van der Waals surface area contributed by atoms with E-state index in [1.54, 1.807) is 17.1 Å². The van der Waals surface area contributed by atoms with E-state index in [4.69, 9.17) is 0 Å². The molecule has 0 aliphatic carbocycles. The average Bonchev–Trinajstić information content (AvgIpc) is 2.80. The number of nitrogens with one attached hydrogen (secondary N) is 2. The van der Waals surface area contributed by atoms with Gasteiger partial charge in [-0.15, -0.1) is 5.10 Å². The molecule has 0 amide bonds. The molecule has 0 saturated carbocycles. The summed E-state index contributed by atoms with van der Waals surface area (Å²) in [5, 5.41) is 21.2. The SMILES string of the molecule is CNC(c1cn[nH]n1)c1cnnn1C. The lowest BCUT2D eigenvalue weighted by molar-refractivity contribution is 0.586. The van der Waals surface area contributed by atoms with E-state index in [0.717, 1.165) is 11.4 Å². The first-order chi connectivity index (χ1) is 6.83. The number of rotatable bonds is 3. The molecule has 7 nitrogen and oxygen atoms in total. The smallest absolute Gasteiger partial charge is 0.106 e. The highest BCUT2D eigenvalue weighted by Gasteiger charge is 2.18. The molecule has 2 aromatic rings. The Morgan fingerprint density at radius 1 is 1.50 bits per heavy atom. The molecule has 0 spiro atoms. The van der Waals surface area contributed by atoms with Crippen LogP contribution in [-0.2, 0) is 7.05 Å². The van der Waals surface area contributed by atoms with Crippen molar-refractivity contribution < 1.29 is 0 Å². The molecule has 0 aliphatic heterocycles. The number of nitrogens with zero attached hydrogens (tertiary/aromatic N) is 5. The Balaban J connectivity index is 2.36. The summed E-state index contributed by atoms with van der Waals surface area (Å²) in [6, 6.07) is -0.0336. The van der Waals surface area contributed by atoms with E-state index in [1.807, 2.05) is 14.1 Å². The second-order valence-electron chi connectivity index (χ2n) is 2.90. The van der Waals surface area contributed by atoms with Crippen LogP contribution in [0.25, 0.3) is 0 Å². The minimum Gasteiger partial charge on any atom is -0.307 e. The van der Waals surface area contributed by atoms with Crippen LogP contribution in [0.1, 0.15) is 17.4 Å². The molecule has 0 fully saturated rings. The summed E-state index contributed by atoms with van der Waals surface area (Å²) >= 11 is 0. The highest BCUT2D eigenvalue weighted by Crippen LogP contribution is 2.16. The van der Waals surface area contributed by atoms with E-state index in [9.17, 15) is 0 Å². The van der Waals surface area contributed by atoms with Gasteiger partial charge in [0, 0.05) is 7.05 Å². The summed E-state index contributed by atoms with van der Waals surface area (Å²) in [6.45, 7) is 0. The first-order valence-corrected chi connectivity index (χ1v) is 4.20. The third-order valence-electron chi connectivity index (χ3n) is 2.06. The molecule has 14 heavy (non-hydrogen) atoms. The van der Waals surface area contributed by atoms with Gasteiger partial charge < -0.3 is 5.32 Å². The third kappa shape index (κ3) is 1.37. The van der Waals surface area contributed by atoms with E-state index in [-0.39, 0.29) is 6.04 Å². The van der Waals surface area contributed by atoms with E-state index in [2.05, 4.69) is 31.0 Å². The maximum absolute atomic E-state index is 4.02. The Morgan fingerprint density at radius 2 is 2.36 bits per heavy atom. The number of aromatic nitrogens is 6. The number of aryl methyl sites for hydroxylation is 1. The van der Waals surface area contributed by atoms with E-state index < -0.39 is 0 Å². The molecule has 2 aromatic heterocycles. The van der Waals surface area contributed by atoms with Gasteiger partial charge in [-0.1, -0.05) is 5.21 Å². The summed E-state index contributed by atoms with van der Waals surface area (Å²) in [5.74, 6) is 0. The fourth-order valence-electron chi connectivity index (χ4n) is 1.36. The van der Waals surface area contributed by atoms with Crippen LogP contribution in [0.4, 0.5) is 0 Å². The Kier molecular flexibility index (Phi) is 2.23. The van der Waals surface area contributed by atoms with Crippen molar-refractivity contribution in [2.24, 2.45) is 7.05 Å². The van der Waals surface area contributed by atoms with Crippen LogP contribution in [0.5, 0.6) is 0 Å². The lowest BCUT2D eigenvalue weighted by Crippen LogP contribution is -2.20. The predicted molar refractivity (Wildman–Crippen MR) is 48.3 cm³/mol. The fourth-order valence-corrected chi connectivity index (χ4v) is 1.36. The second kappa shape index (κ2) is 3.54. The normalized spacial score (nSPS) is 13.0. The van der Waals surface area contributed by atoms with Crippen molar-refractivity contribution in [3.05, 3.63) is 23.8 Å². The summed E-state index contributed by atoms with van der Waals surface area (Å²) in [5.41, 5.74) is 1.76. The monoisotopic (exact) mass is 193 g/mol. The first-order valence-electron chi connectivity index (χ1n) is 4.20. The minimum atomic E-state index is -0.0336. The van der Waals surface area contributed by atoms with Gasteiger partial charge in [0.05, 0.1) is 24.1 Å². The first kappa shape index (κ1) is 8.82. The van der Waals surface area contributed by atoms with Crippen molar-refractivity contribution in [3.63, 3.8) is 0 Å². The van der Waals surface area contributed by atoms with Gasteiger partial charge in [-0.25, -0.2) is 0 Å². The largest absolute Gasteiger partial charge is 0.307 e. The molecule has 0 saturated heterocycles. The molecule has 2 rings (SSSR count). The molecule has 0 bridgehead atoms. The Hall–Kier alpha value is -1.76. The van der Waals surface area contributed by atoms with Crippen molar-refractivity contribution in [2.45, 2.75) is 6.04 Å². The molecule has 2 heterocycles. The van der Waals surface area contributed by atoms with Crippen LogP contribution < -0.4 is 5.32 Å². The number of hydrogen-bond donors (Lipinski definition) is 2. The zero-order chi connectivity index (χ0) is 9.97. The average molecular weight is 193 g/mol. The molecular weight excluding hydrogens is 182 g/mol. The lowest BCUT2D eigenvalue weighted by atomic mass is 10.1. The van der Waals surface area contributed by atoms with Gasteiger partial charge in [-0.3, -0.25) is 4.68 Å². The van der Waals surface area contributed by atoms with Crippen molar-refractivity contribution in [2.75, 3.05) is 7.05 Å². The van der Waals surface area contributed by atoms with Gasteiger partial charge >= 0.3 is 0 Å². The van der Waals surface area contributed by atoms with Crippen molar-refractivity contribution in [1.82, 2.24) is 35.7 Å². The summed E-state index contributed by atoms with van der Waals surface area (Å²) in [7, 11) is 3.69. The maximum Gasteiger partial charge on any atom is 0.106 e. The summed E-state index contributed by atoms with van der Waals surface area (Å²) in [6.07, 6.45) is 3.38. The van der Waals surface area contributed by atoms with Crippen molar-refractivity contribution in [1.29, 1.82) is 0 Å². The number of hydrogen-bond acceptors (Lipinski definition) is 5.